The van der Waals surface area contributed by atoms with Gasteiger partial charge in [0.15, 0.2) is 0 Å². The third kappa shape index (κ3) is 2.82. The van der Waals surface area contributed by atoms with Gasteiger partial charge in [-0.25, -0.2) is 4.98 Å². The summed E-state index contributed by atoms with van der Waals surface area (Å²) in [6.45, 7) is 6.12. The van der Waals surface area contributed by atoms with Crippen LogP contribution in [-0.4, -0.2) is 47.3 Å². The normalized spacial score (nSPS) is 18.6. The molecule has 0 atom stereocenters. The maximum atomic E-state index is 5.29. The Kier molecular flexibility index (Phi) is 3.54. The Balaban J connectivity index is 1.62. The molecular weight excluding hydrogens is 178 g/mol. The summed E-state index contributed by atoms with van der Waals surface area (Å²) in [5.41, 5.74) is 0. The van der Waals surface area contributed by atoms with Gasteiger partial charge in [0.25, 0.3) is 0 Å². The Labute approximate surface area is 84.5 Å². The first-order chi connectivity index (χ1) is 6.95. The highest BCUT2D eigenvalue weighted by Gasteiger charge is 2.08. The van der Waals surface area contributed by atoms with Gasteiger partial charge in [0.1, 0.15) is 6.20 Å². The second kappa shape index (κ2) is 5.12. The van der Waals surface area contributed by atoms with Gasteiger partial charge in [-0.05, 0) is 6.42 Å². The zero-order valence-electron chi connectivity index (χ0n) is 8.35. The molecule has 4 heteroatoms. The number of morpholine rings is 1. The maximum absolute atomic E-state index is 5.29. The molecule has 77 valence electrons. The van der Waals surface area contributed by atoms with E-state index in [2.05, 4.69) is 20.6 Å². The van der Waals surface area contributed by atoms with Crippen molar-refractivity contribution in [1.29, 1.82) is 0 Å². The molecule has 1 radical (unpaired) electrons. The summed E-state index contributed by atoms with van der Waals surface area (Å²) in [6, 6.07) is 0. The lowest BCUT2D eigenvalue weighted by atomic mass is 10.3. The van der Waals surface area contributed by atoms with Crippen molar-refractivity contribution in [3.8, 4) is 0 Å². The first-order valence-electron chi connectivity index (χ1n) is 5.13. The Morgan fingerprint density at radius 3 is 2.86 bits per heavy atom. The SMILES string of the molecule is [c]1cn(CCCN2CCOCC2)cn1. The van der Waals surface area contributed by atoms with Crippen LogP contribution in [0.5, 0.6) is 0 Å². The van der Waals surface area contributed by atoms with Gasteiger partial charge < -0.3 is 9.30 Å². The van der Waals surface area contributed by atoms with Crippen molar-refractivity contribution in [2.75, 3.05) is 32.8 Å². The zero-order valence-corrected chi connectivity index (χ0v) is 8.35. The van der Waals surface area contributed by atoms with Crippen LogP contribution in [0.15, 0.2) is 12.5 Å². The van der Waals surface area contributed by atoms with Gasteiger partial charge in [-0.3, -0.25) is 4.90 Å². The Morgan fingerprint density at radius 2 is 2.14 bits per heavy atom. The van der Waals surface area contributed by atoms with Crippen LogP contribution in [0.1, 0.15) is 6.42 Å². The van der Waals surface area contributed by atoms with Crippen LogP contribution in [0.3, 0.4) is 0 Å². The van der Waals surface area contributed by atoms with Crippen LogP contribution < -0.4 is 0 Å². The second-order valence-corrected chi connectivity index (χ2v) is 3.55. The molecule has 0 aromatic carbocycles. The molecule has 0 aliphatic carbocycles. The number of rotatable bonds is 4. The second-order valence-electron chi connectivity index (χ2n) is 3.55. The van der Waals surface area contributed by atoms with E-state index in [1.807, 2.05) is 12.5 Å². The van der Waals surface area contributed by atoms with E-state index in [0.29, 0.717) is 0 Å². The smallest absolute Gasteiger partial charge is 0.108 e. The van der Waals surface area contributed by atoms with Crippen LogP contribution in [0.4, 0.5) is 0 Å². The molecule has 0 bridgehead atoms. The van der Waals surface area contributed by atoms with Crippen molar-refractivity contribution < 1.29 is 4.74 Å². The minimum absolute atomic E-state index is 0.888. The molecule has 0 spiro atoms. The van der Waals surface area contributed by atoms with Gasteiger partial charge >= 0.3 is 0 Å². The summed E-state index contributed by atoms with van der Waals surface area (Å²) in [4.78, 5) is 6.34. The predicted molar refractivity (Wildman–Crippen MR) is 52.9 cm³/mol. The van der Waals surface area contributed by atoms with Crippen molar-refractivity contribution in [3.05, 3.63) is 18.7 Å². The maximum Gasteiger partial charge on any atom is 0.108 e. The molecule has 0 saturated carbocycles. The number of hydrogen-bond donors (Lipinski definition) is 0. The quantitative estimate of drug-likeness (QED) is 0.695. The number of ether oxygens (including phenoxy) is 1. The number of aryl methyl sites for hydroxylation is 1. The lowest BCUT2D eigenvalue weighted by Crippen LogP contribution is -2.37. The van der Waals surface area contributed by atoms with E-state index in [9.17, 15) is 0 Å². The van der Waals surface area contributed by atoms with Crippen LogP contribution in [-0.2, 0) is 11.3 Å². The van der Waals surface area contributed by atoms with Crippen LogP contribution in [0, 0.1) is 6.20 Å². The average Bonchev–Trinajstić information content (AvgIpc) is 2.72. The first kappa shape index (κ1) is 9.68. The summed E-state index contributed by atoms with van der Waals surface area (Å²) in [5.74, 6) is 0. The lowest BCUT2D eigenvalue weighted by molar-refractivity contribution is 0.0369. The Hall–Kier alpha value is -0.870. The average molecular weight is 194 g/mol. The summed E-state index contributed by atoms with van der Waals surface area (Å²) < 4.78 is 7.36. The van der Waals surface area contributed by atoms with Crippen molar-refractivity contribution in [3.63, 3.8) is 0 Å². The number of nitrogens with zero attached hydrogens (tertiary/aromatic N) is 3. The van der Waals surface area contributed by atoms with Gasteiger partial charge in [0.05, 0.1) is 19.5 Å². The van der Waals surface area contributed by atoms with Crippen LogP contribution >= 0.6 is 0 Å². The molecule has 1 fully saturated rings. The van der Waals surface area contributed by atoms with Crippen LogP contribution in [0.25, 0.3) is 0 Å². The highest BCUT2D eigenvalue weighted by molar-refractivity contribution is 4.72. The molecular formula is C10H16N3O. The Morgan fingerprint density at radius 1 is 1.29 bits per heavy atom. The zero-order chi connectivity index (χ0) is 9.64. The van der Waals surface area contributed by atoms with E-state index in [1.165, 1.54) is 6.42 Å². The number of hydrogen-bond acceptors (Lipinski definition) is 3. The minimum Gasteiger partial charge on any atom is -0.379 e. The van der Waals surface area contributed by atoms with Crippen molar-refractivity contribution in [1.82, 2.24) is 14.5 Å². The molecule has 4 nitrogen and oxygen atoms in total. The topological polar surface area (TPSA) is 30.3 Å². The van der Waals surface area contributed by atoms with Crippen LogP contribution in [0.2, 0.25) is 0 Å². The van der Waals surface area contributed by atoms with Gasteiger partial charge in [0, 0.05) is 32.4 Å². The third-order valence-corrected chi connectivity index (χ3v) is 2.50. The molecule has 0 N–H and O–H groups in total. The van der Waals surface area contributed by atoms with Crippen molar-refractivity contribution >= 4 is 0 Å². The third-order valence-electron chi connectivity index (χ3n) is 2.50. The van der Waals surface area contributed by atoms with Gasteiger partial charge in [-0.15, -0.1) is 0 Å². The fourth-order valence-electron chi connectivity index (χ4n) is 1.67. The minimum atomic E-state index is 0.888. The van der Waals surface area contributed by atoms with E-state index in [0.717, 1.165) is 39.4 Å². The van der Waals surface area contributed by atoms with E-state index >= 15 is 0 Å². The van der Waals surface area contributed by atoms with Gasteiger partial charge in [-0.1, -0.05) is 0 Å². The molecule has 0 unspecified atom stereocenters. The van der Waals surface area contributed by atoms with Crippen molar-refractivity contribution in [2.45, 2.75) is 13.0 Å². The molecule has 1 saturated heterocycles. The number of aromatic nitrogens is 2. The highest BCUT2D eigenvalue weighted by atomic mass is 16.5. The Bertz CT molecular complexity index is 242. The standard InChI is InChI=1S/C10H16N3O/c1(4-13-5-2-11-10-13)3-12-6-8-14-9-7-12/h5,10H,1,3-4,6-9H2. The molecule has 2 rings (SSSR count). The number of imidazole rings is 1. The molecule has 1 aromatic rings. The monoisotopic (exact) mass is 194 g/mol. The summed E-state index contributed by atoms with van der Waals surface area (Å²) >= 11 is 0. The predicted octanol–water partition coefficient (Wildman–Crippen LogP) is 0.406. The summed E-state index contributed by atoms with van der Waals surface area (Å²) in [6.07, 6.45) is 7.68. The fourth-order valence-corrected chi connectivity index (χ4v) is 1.67. The molecule has 14 heavy (non-hydrogen) atoms. The van der Waals surface area contributed by atoms with E-state index < -0.39 is 0 Å². The first-order valence-corrected chi connectivity index (χ1v) is 5.13. The molecule has 2 heterocycles. The largest absolute Gasteiger partial charge is 0.379 e. The summed E-state index contributed by atoms with van der Waals surface area (Å²) in [7, 11) is 0. The van der Waals surface area contributed by atoms with Gasteiger partial charge in [0.2, 0.25) is 0 Å². The molecule has 1 aliphatic rings. The van der Waals surface area contributed by atoms with E-state index in [4.69, 9.17) is 4.74 Å². The van der Waals surface area contributed by atoms with Crippen molar-refractivity contribution in [2.24, 2.45) is 0 Å². The molecule has 1 aliphatic heterocycles. The lowest BCUT2D eigenvalue weighted by Gasteiger charge is -2.26. The fraction of sp³-hybridized carbons (Fsp3) is 0.700. The highest BCUT2D eigenvalue weighted by Crippen LogP contribution is 1.99. The molecule has 1 aromatic heterocycles. The summed E-state index contributed by atoms with van der Waals surface area (Å²) in [5, 5.41) is 0. The van der Waals surface area contributed by atoms with Gasteiger partial charge in [-0.2, -0.15) is 0 Å². The molecule has 0 amide bonds. The van der Waals surface area contributed by atoms with E-state index in [1.54, 1.807) is 0 Å². The van der Waals surface area contributed by atoms with E-state index in [-0.39, 0.29) is 0 Å².